The first-order valence-corrected chi connectivity index (χ1v) is 7.79. The van der Waals surface area contributed by atoms with Gasteiger partial charge in [-0.3, -0.25) is 4.68 Å². The van der Waals surface area contributed by atoms with Crippen molar-refractivity contribution in [3.05, 3.63) is 17.8 Å². The number of anilines is 1. The van der Waals surface area contributed by atoms with Gasteiger partial charge in [-0.05, 0) is 12.5 Å². The van der Waals surface area contributed by atoms with Crippen molar-refractivity contribution in [1.82, 2.24) is 14.8 Å². The summed E-state index contributed by atoms with van der Waals surface area (Å²) >= 11 is 0. The van der Waals surface area contributed by atoms with Crippen molar-refractivity contribution in [1.29, 1.82) is 5.26 Å². The molecule has 0 aromatic carbocycles. The molecule has 0 amide bonds. The minimum atomic E-state index is 0.292. The Morgan fingerprint density at radius 2 is 2.23 bits per heavy atom. The summed E-state index contributed by atoms with van der Waals surface area (Å²) in [7, 11) is 1.87. The lowest BCUT2D eigenvalue weighted by Gasteiger charge is -2.28. The zero-order chi connectivity index (χ0) is 15.7. The zero-order valence-electron chi connectivity index (χ0n) is 13.3. The number of morpholine rings is 1. The maximum atomic E-state index is 9.34. The Labute approximate surface area is 130 Å². The molecule has 0 N–H and O–H groups in total. The summed E-state index contributed by atoms with van der Waals surface area (Å²) in [6, 6.07) is 4.48. The van der Waals surface area contributed by atoms with Gasteiger partial charge in [0.05, 0.1) is 30.5 Å². The fraction of sp³-hybridized carbons (Fsp3) is 0.562. The summed E-state index contributed by atoms with van der Waals surface area (Å²) in [6.45, 7) is 5.82. The molecular weight excluding hydrogens is 278 g/mol. The number of hydrogen-bond donors (Lipinski definition) is 0. The van der Waals surface area contributed by atoms with Gasteiger partial charge in [0.25, 0.3) is 0 Å². The highest BCUT2D eigenvalue weighted by Crippen LogP contribution is 2.34. The molecule has 2 atom stereocenters. The highest BCUT2D eigenvalue weighted by molar-refractivity contribution is 5.80. The van der Waals surface area contributed by atoms with Gasteiger partial charge in [0, 0.05) is 19.0 Å². The molecule has 2 bridgehead atoms. The van der Waals surface area contributed by atoms with Gasteiger partial charge in [0.2, 0.25) is 0 Å². The van der Waals surface area contributed by atoms with Gasteiger partial charge in [-0.2, -0.15) is 10.4 Å². The van der Waals surface area contributed by atoms with Crippen molar-refractivity contribution >= 4 is 16.9 Å². The number of pyridine rings is 1. The molecule has 2 aliphatic heterocycles. The molecule has 0 radical (unpaired) electrons. The predicted molar refractivity (Wildman–Crippen MR) is 84.7 cm³/mol. The van der Waals surface area contributed by atoms with Crippen molar-refractivity contribution in [2.75, 3.05) is 18.1 Å². The number of ether oxygens (including phenoxy) is 1. The van der Waals surface area contributed by atoms with Crippen LogP contribution in [0.1, 0.15) is 32.3 Å². The molecule has 116 valence electrons. The lowest BCUT2D eigenvalue weighted by molar-refractivity contribution is 0.0989. The van der Waals surface area contributed by atoms with Crippen LogP contribution in [0.4, 0.5) is 5.82 Å². The van der Waals surface area contributed by atoms with Gasteiger partial charge in [-0.25, -0.2) is 4.98 Å². The molecular formula is C16H21N5O. The van der Waals surface area contributed by atoms with E-state index in [0.29, 0.717) is 17.7 Å². The van der Waals surface area contributed by atoms with Crippen LogP contribution in [0.2, 0.25) is 0 Å². The van der Waals surface area contributed by atoms with Crippen LogP contribution in [0.25, 0.3) is 11.0 Å². The van der Waals surface area contributed by atoms with Gasteiger partial charge < -0.3 is 9.64 Å². The molecule has 2 unspecified atom stereocenters. The third kappa shape index (κ3) is 2.42. The van der Waals surface area contributed by atoms with Crippen molar-refractivity contribution in [3.8, 4) is 6.07 Å². The average molecular weight is 299 g/mol. The van der Waals surface area contributed by atoms with Gasteiger partial charge in [0.15, 0.2) is 5.65 Å². The van der Waals surface area contributed by atoms with Crippen LogP contribution in [0.5, 0.6) is 0 Å². The summed E-state index contributed by atoms with van der Waals surface area (Å²) in [4.78, 5) is 6.86. The van der Waals surface area contributed by atoms with Gasteiger partial charge >= 0.3 is 0 Å². The maximum absolute atomic E-state index is 9.34. The van der Waals surface area contributed by atoms with Crippen LogP contribution in [0.3, 0.4) is 0 Å². The van der Waals surface area contributed by atoms with Crippen LogP contribution in [0.15, 0.2) is 12.3 Å². The van der Waals surface area contributed by atoms with E-state index < -0.39 is 0 Å². The Hall–Kier alpha value is -2.13. The Bertz CT molecular complexity index is 717. The molecule has 2 fully saturated rings. The molecule has 0 saturated carbocycles. The highest BCUT2D eigenvalue weighted by atomic mass is 16.5. The van der Waals surface area contributed by atoms with E-state index in [0.717, 1.165) is 36.4 Å². The normalized spacial score (nSPS) is 22.5. The topological polar surface area (TPSA) is 67.0 Å². The minimum Gasteiger partial charge on any atom is -0.374 e. The van der Waals surface area contributed by atoms with Crippen molar-refractivity contribution < 1.29 is 4.74 Å². The molecule has 6 heteroatoms. The number of nitrogens with zero attached hydrogens (tertiary/aromatic N) is 5. The quantitative estimate of drug-likeness (QED) is 0.808. The van der Waals surface area contributed by atoms with E-state index in [1.54, 1.807) is 10.9 Å². The smallest absolute Gasteiger partial charge is 0.159 e. The van der Waals surface area contributed by atoms with E-state index >= 15 is 0 Å². The number of fused-ring (bicyclic) bond motifs is 3. The molecule has 4 rings (SSSR count). The zero-order valence-corrected chi connectivity index (χ0v) is 13.3. The Morgan fingerprint density at radius 1 is 1.45 bits per heavy atom. The SMILES string of the molecule is CCC.Cn1ncc2cc(C#N)c(N3CC4CC3CO4)nc21. The first kappa shape index (κ1) is 14.8. The molecule has 0 aliphatic carbocycles. The lowest BCUT2D eigenvalue weighted by Crippen LogP contribution is -2.38. The van der Waals surface area contributed by atoms with Crippen LogP contribution < -0.4 is 4.90 Å². The van der Waals surface area contributed by atoms with E-state index in [1.165, 1.54) is 6.42 Å². The van der Waals surface area contributed by atoms with E-state index in [4.69, 9.17) is 4.74 Å². The number of rotatable bonds is 1. The Balaban J connectivity index is 0.000000446. The molecule has 2 aliphatic rings. The fourth-order valence-electron chi connectivity index (χ4n) is 3.03. The van der Waals surface area contributed by atoms with Crippen LogP contribution in [0, 0.1) is 11.3 Å². The number of hydrogen-bond acceptors (Lipinski definition) is 5. The Kier molecular flexibility index (Phi) is 3.99. The molecule has 6 nitrogen and oxygen atoms in total. The van der Waals surface area contributed by atoms with Crippen molar-refractivity contribution in [2.45, 2.75) is 38.8 Å². The molecule has 0 spiro atoms. The lowest BCUT2D eigenvalue weighted by atomic mass is 10.2. The minimum absolute atomic E-state index is 0.292. The second-order valence-corrected chi connectivity index (χ2v) is 5.86. The van der Waals surface area contributed by atoms with E-state index in [9.17, 15) is 5.26 Å². The fourth-order valence-corrected chi connectivity index (χ4v) is 3.03. The van der Waals surface area contributed by atoms with E-state index in [1.807, 2.05) is 13.1 Å². The first-order chi connectivity index (χ1) is 10.7. The second-order valence-electron chi connectivity index (χ2n) is 5.86. The van der Waals surface area contributed by atoms with Crippen molar-refractivity contribution in [3.63, 3.8) is 0 Å². The maximum Gasteiger partial charge on any atom is 0.159 e. The Morgan fingerprint density at radius 3 is 2.82 bits per heavy atom. The van der Waals surface area contributed by atoms with Crippen molar-refractivity contribution in [2.24, 2.45) is 7.05 Å². The summed E-state index contributed by atoms with van der Waals surface area (Å²) in [5.41, 5.74) is 1.44. The van der Waals surface area contributed by atoms with Crippen LogP contribution >= 0.6 is 0 Å². The van der Waals surface area contributed by atoms with Gasteiger partial charge in [-0.15, -0.1) is 0 Å². The summed E-state index contributed by atoms with van der Waals surface area (Å²) in [6.07, 6.45) is 4.32. The van der Waals surface area contributed by atoms with E-state index in [-0.39, 0.29) is 0 Å². The largest absolute Gasteiger partial charge is 0.374 e. The third-order valence-corrected chi connectivity index (χ3v) is 3.98. The molecule has 2 aromatic rings. The van der Waals surface area contributed by atoms with E-state index in [2.05, 4.69) is 34.9 Å². The summed E-state index contributed by atoms with van der Waals surface area (Å²) in [5, 5.41) is 14.4. The monoisotopic (exact) mass is 299 g/mol. The number of aromatic nitrogens is 3. The standard InChI is InChI=1S/C13H13N5O.C3H8/c1-17-12-9(5-15-17)2-8(4-14)13(16-12)18-6-11-3-10(18)7-19-11;1-3-2/h2,5,10-11H,3,6-7H2,1H3;3H2,1-2H3. The first-order valence-electron chi connectivity index (χ1n) is 7.79. The number of nitriles is 1. The van der Waals surface area contributed by atoms with Gasteiger partial charge in [0.1, 0.15) is 11.9 Å². The molecule has 2 aromatic heterocycles. The summed E-state index contributed by atoms with van der Waals surface area (Å²) in [5.74, 6) is 0.773. The van der Waals surface area contributed by atoms with Crippen LogP contribution in [-0.2, 0) is 11.8 Å². The molecule has 22 heavy (non-hydrogen) atoms. The third-order valence-electron chi connectivity index (χ3n) is 3.98. The molecule has 4 heterocycles. The average Bonchev–Trinajstić information content (AvgIpc) is 3.23. The number of aryl methyl sites for hydroxylation is 1. The summed E-state index contributed by atoms with van der Waals surface area (Å²) < 4.78 is 7.34. The van der Waals surface area contributed by atoms with Crippen LogP contribution in [-0.4, -0.2) is 40.1 Å². The van der Waals surface area contributed by atoms with Gasteiger partial charge in [-0.1, -0.05) is 20.3 Å². The highest BCUT2D eigenvalue weighted by Gasteiger charge is 2.40. The second kappa shape index (κ2) is 5.93. The molecule has 2 saturated heterocycles. The predicted octanol–water partition coefficient (Wildman–Crippen LogP) is 2.23.